The first kappa shape index (κ1) is 19.8. The number of benzene rings is 1. The van der Waals surface area contributed by atoms with Crippen molar-refractivity contribution >= 4 is 29.3 Å². The fourth-order valence-corrected chi connectivity index (χ4v) is 7.35. The maximum absolute atomic E-state index is 11.3. The van der Waals surface area contributed by atoms with Gasteiger partial charge in [-0.1, -0.05) is 19.1 Å². The molecule has 2 aliphatic heterocycles. The van der Waals surface area contributed by atoms with E-state index in [1.807, 2.05) is 0 Å². The van der Waals surface area contributed by atoms with E-state index in [9.17, 15) is 9.90 Å². The van der Waals surface area contributed by atoms with Crippen LogP contribution in [0, 0.1) is 11.8 Å². The van der Waals surface area contributed by atoms with Gasteiger partial charge in [0.1, 0.15) is 17.6 Å². The number of anilines is 1. The van der Waals surface area contributed by atoms with E-state index in [-0.39, 0.29) is 17.6 Å². The second-order valence-corrected chi connectivity index (χ2v) is 10.6. The molecule has 2 heterocycles. The van der Waals surface area contributed by atoms with Gasteiger partial charge in [-0.2, -0.15) is 0 Å². The molecule has 0 aromatic heterocycles. The van der Waals surface area contributed by atoms with E-state index >= 15 is 0 Å². The first-order valence-electron chi connectivity index (χ1n) is 11.9. The highest BCUT2D eigenvalue weighted by Crippen LogP contribution is 2.65. The highest BCUT2D eigenvalue weighted by Gasteiger charge is 2.66. The third kappa shape index (κ3) is 2.78. The Morgan fingerprint density at radius 2 is 2.23 bits per heavy atom. The van der Waals surface area contributed by atoms with Gasteiger partial charge in [-0.25, -0.2) is 0 Å². The van der Waals surface area contributed by atoms with Crippen molar-refractivity contribution in [2.75, 3.05) is 18.4 Å². The number of ether oxygens (including phenoxy) is 1. The maximum Gasteiger partial charge on any atom is 0.211 e. The van der Waals surface area contributed by atoms with Crippen LogP contribution in [-0.2, 0) is 16.6 Å². The molecular weight excluding hydrogens is 410 g/mol. The summed E-state index contributed by atoms with van der Waals surface area (Å²) in [7, 11) is 0. The second kappa shape index (κ2) is 7.07. The van der Waals surface area contributed by atoms with Crippen LogP contribution in [0.4, 0.5) is 5.69 Å². The van der Waals surface area contributed by atoms with E-state index in [2.05, 4.69) is 22.5 Å². The normalized spacial score (nSPS) is 35.1. The molecule has 2 bridgehead atoms. The molecule has 1 aromatic rings. The number of aromatic hydroxyl groups is 1. The topological polar surface area (TPSA) is 73.8 Å². The molecule has 1 saturated heterocycles. The van der Waals surface area contributed by atoms with Gasteiger partial charge >= 0.3 is 0 Å². The molecule has 1 spiro atoms. The van der Waals surface area contributed by atoms with E-state index in [1.165, 1.54) is 24.9 Å². The Balaban J connectivity index is 1.48. The average molecular weight is 442 g/mol. The molecule has 6 nitrogen and oxygen atoms in total. The molecule has 5 atom stereocenters. The minimum Gasteiger partial charge on any atom is -0.508 e. The molecule has 3 N–H and O–H groups in total. The molecule has 0 unspecified atom stereocenters. The first-order valence-corrected chi connectivity index (χ1v) is 12.3. The number of likely N-dealkylation sites (tertiary alicyclic amines) is 1. The third-order valence-corrected chi connectivity index (χ3v) is 9.03. The number of carbonyl (C=O) groups excluding carboxylic acids is 1. The molecule has 7 heteroatoms. The molecule has 2 saturated carbocycles. The Labute approximate surface area is 188 Å². The fraction of sp³-hybridized carbons (Fsp3) is 0.667. The smallest absolute Gasteiger partial charge is 0.211 e. The molecule has 31 heavy (non-hydrogen) atoms. The number of thiocarbonyl (C=S) groups is 1. The van der Waals surface area contributed by atoms with Gasteiger partial charge < -0.3 is 20.5 Å². The number of phenols is 1. The van der Waals surface area contributed by atoms with Crippen LogP contribution in [-0.4, -0.2) is 52.7 Å². The van der Waals surface area contributed by atoms with Crippen molar-refractivity contribution in [3.05, 3.63) is 17.2 Å². The standard InChI is InChI=1S/C24H31N3O3S/c1-2-20(31)26-16-6-5-15-18-9-14-19(29)10-17(25-12-28)22-21(14)24(15,23(16)30-22)7-8-27(18)11-13-3-4-13/h10,12-13,15-16,18,23,29H,2-9,11H2,1H3,(H,25,28)(H,26,31)/t15-,16+,18+,23-,24-/m0/s1. The van der Waals surface area contributed by atoms with Gasteiger partial charge in [0, 0.05) is 35.2 Å². The molecular formula is C24H31N3O3S. The number of carbonyl (C=O) groups is 1. The van der Waals surface area contributed by atoms with Crippen LogP contribution in [0.2, 0.25) is 0 Å². The first-order chi connectivity index (χ1) is 15.1. The van der Waals surface area contributed by atoms with Crippen LogP contribution in [0.15, 0.2) is 6.07 Å². The number of rotatable bonds is 6. The van der Waals surface area contributed by atoms with Crippen LogP contribution in [0.3, 0.4) is 0 Å². The van der Waals surface area contributed by atoms with Crippen molar-refractivity contribution in [3.8, 4) is 11.5 Å². The van der Waals surface area contributed by atoms with Gasteiger partial charge in [0.15, 0.2) is 0 Å². The molecule has 0 radical (unpaired) electrons. The Kier molecular flexibility index (Phi) is 4.52. The fourth-order valence-electron chi connectivity index (χ4n) is 7.19. The summed E-state index contributed by atoms with van der Waals surface area (Å²) in [6.45, 7) is 4.35. The zero-order valence-electron chi connectivity index (χ0n) is 18.0. The van der Waals surface area contributed by atoms with Gasteiger partial charge in [0.2, 0.25) is 6.41 Å². The van der Waals surface area contributed by atoms with Crippen molar-refractivity contribution in [1.29, 1.82) is 0 Å². The van der Waals surface area contributed by atoms with Gasteiger partial charge in [0.25, 0.3) is 0 Å². The number of hydrogen-bond donors (Lipinski definition) is 3. The summed E-state index contributed by atoms with van der Waals surface area (Å²) in [6.07, 6.45) is 8.27. The molecule has 3 aliphatic carbocycles. The zero-order valence-corrected chi connectivity index (χ0v) is 18.8. The summed E-state index contributed by atoms with van der Waals surface area (Å²) in [6, 6.07) is 2.29. The monoisotopic (exact) mass is 441 g/mol. The van der Waals surface area contributed by atoms with Crippen LogP contribution >= 0.6 is 12.2 Å². The zero-order chi connectivity index (χ0) is 21.3. The van der Waals surface area contributed by atoms with Crippen LogP contribution in [0.25, 0.3) is 0 Å². The molecule has 5 aliphatic rings. The molecule has 6 rings (SSSR count). The average Bonchev–Trinajstić information content (AvgIpc) is 3.51. The Morgan fingerprint density at radius 1 is 1.39 bits per heavy atom. The minimum absolute atomic E-state index is 0.0237. The summed E-state index contributed by atoms with van der Waals surface area (Å²) in [5, 5.41) is 17.4. The summed E-state index contributed by atoms with van der Waals surface area (Å²) in [5.41, 5.74) is 2.67. The number of piperidine rings is 1. The summed E-state index contributed by atoms with van der Waals surface area (Å²) in [4.78, 5) is 14.9. The van der Waals surface area contributed by atoms with Gasteiger partial charge in [-0.3, -0.25) is 9.69 Å². The van der Waals surface area contributed by atoms with E-state index < -0.39 is 0 Å². The van der Waals surface area contributed by atoms with Crippen molar-refractivity contribution in [1.82, 2.24) is 10.2 Å². The summed E-state index contributed by atoms with van der Waals surface area (Å²) < 4.78 is 6.73. The van der Waals surface area contributed by atoms with Gasteiger partial charge in [-0.15, -0.1) is 0 Å². The maximum atomic E-state index is 11.3. The second-order valence-electron chi connectivity index (χ2n) is 10.1. The largest absolute Gasteiger partial charge is 0.508 e. The van der Waals surface area contributed by atoms with E-state index in [1.54, 1.807) is 6.07 Å². The highest BCUT2D eigenvalue weighted by molar-refractivity contribution is 7.80. The predicted molar refractivity (Wildman–Crippen MR) is 123 cm³/mol. The number of nitrogens with one attached hydrogen (secondary N) is 2. The van der Waals surface area contributed by atoms with Crippen molar-refractivity contribution < 1.29 is 14.6 Å². The number of amides is 1. The van der Waals surface area contributed by atoms with Crippen molar-refractivity contribution in [2.45, 2.75) is 75.5 Å². The van der Waals surface area contributed by atoms with Crippen molar-refractivity contribution in [3.63, 3.8) is 0 Å². The van der Waals surface area contributed by atoms with E-state index in [0.29, 0.717) is 29.8 Å². The number of nitrogens with zero attached hydrogens (tertiary/aromatic N) is 1. The van der Waals surface area contributed by atoms with E-state index in [4.69, 9.17) is 17.0 Å². The lowest BCUT2D eigenvalue weighted by Crippen LogP contribution is -2.68. The minimum atomic E-state index is -0.120. The summed E-state index contributed by atoms with van der Waals surface area (Å²) >= 11 is 5.55. The predicted octanol–water partition coefficient (Wildman–Crippen LogP) is 3.11. The third-order valence-electron chi connectivity index (χ3n) is 8.63. The lowest BCUT2D eigenvalue weighted by Gasteiger charge is -2.59. The SMILES string of the molecule is CCC(=S)N[C@@H]1CC[C@H]2[C@H]3Cc4c(O)cc(NC=O)c5c4[C@@]2(CCN3CC2CC2)[C@H]1O5. The van der Waals surface area contributed by atoms with Crippen molar-refractivity contribution in [2.24, 2.45) is 11.8 Å². The lowest BCUT2D eigenvalue weighted by atomic mass is 9.51. The Bertz CT molecular complexity index is 948. The highest BCUT2D eigenvalue weighted by atomic mass is 32.1. The van der Waals surface area contributed by atoms with Gasteiger partial charge in [-0.05, 0) is 63.3 Å². The Morgan fingerprint density at radius 3 is 2.97 bits per heavy atom. The molecule has 166 valence electrons. The quantitative estimate of drug-likeness (QED) is 0.465. The lowest BCUT2D eigenvalue weighted by molar-refractivity contribution is -0.105. The summed E-state index contributed by atoms with van der Waals surface area (Å²) in [5.74, 6) is 2.44. The number of phenolic OH excluding ortho intramolecular Hbond substituents is 1. The molecule has 1 amide bonds. The van der Waals surface area contributed by atoms with Crippen LogP contribution in [0.1, 0.15) is 56.6 Å². The number of hydrogen-bond acceptors (Lipinski definition) is 5. The van der Waals surface area contributed by atoms with Crippen LogP contribution in [0.5, 0.6) is 11.5 Å². The van der Waals surface area contributed by atoms with Gasteiger partial charge in [0.05, 0.1) is 16.7 Å². The molecule has 3 fully saturated rings. The van der Waals surface area contributed by atoms with Crippen LogP contribution < -0.4 is 15.4 Å². The molecule has 1 aromatic carbocycles. The Hall–Kier alpha value is -1.86. The van der Waals surface area contributed by atoms with E-state index in [0.717, 1.165) is 60.9 Å².